The SMILES string of the molecule is Cc1nnc(N2CCC(C(C)C)CC2)c(CN)c1C. The van der Waals surface area contributed by atoms with Gasteiger partial charge in [0.15, 0.2) is 5.82 Å². The van der Waals surface area contributed by atoms with E-state index in [1.165, 1.54) is 18.4 Å². The maximum Gasteiger partial charge on any atom is 0.156 e. The molecule has 0 aliphatic carbocycles. The van der Waals surface area contributed by atoms with Crippen LogP contribution in [0.25, 0.3) is 0 Å². The van der Waals surface area contributed by atoms with Crippen molar-refractivity contribution in [1.82, 2.24) is 10.2 Å². The zero-order valence-electron chi connectivity index (χ0n) is 12.6. The molecule has 2 heterocycles. The molecule has 1 aromatic heterocycles. The smallest absolute Gasteiger partial charge is 0.156 e. The van der Waals surface area contributed by atoms with Crippen molar-refractivity contribution in [2.45, 2.75) is 47.1 Å². The van der Waals surface area contributed by atoms with Crippen LogP contribution in [0.3, 0.4) is 0 Å². The van der Waals surface area contributed by atoms with E-state index in [1.807, 2.05) is 6.92 Å². The Kier molecular flexibility index (Phi) is 4.40. The number of nitrogens with two attached hydrogens (primary N) is 1. The van der Waals surface area contributed by atoms with Crippen molar-refractivity contribution in [3.05, 3.63) is 16.8 Å². The van der Waals surface area contributed by atoms with Crippen LogP contribution in [-0.2, 0) is 6.54 Å². The van der Waals surface area contributed by atoms with Crippen LogP contribution in [0.2, 0.25) is 0 Å². The predicted molar refractivity (Wildman–Crippen MR) is 79.2 cm³/mol. The van der Waals surface area contributed by atoms with Crippen molar-refractivity contribution in [3.63, 3.8) is 0 Å². The van der Waals surface area contributed by atoms with E-state index >= 15 is 0 Å². The highest BCUT2D eigenvalue weighted by atomic mass is 15.3. The number of aromatic nitrogens is 2. The molecule has 0 spiro atoms. The maximum atomic E-state index is 5.91. The van der Waals surface area contributed by atoms with Gasteiger partial charge < -0.3 is 10.6 Å². The van der Waals surface area contributed by atoms with Crippen LogP contribution in [-0.4, -0.2) is 23.3 Å². The summed E-state index contributed by atoms with van der Waals surface area (Å²) in [5.74, 6) is 2.63. The number of nitrogens with zero attached hydrogens (tertiary/aromatic N) is 3. The van der Waals surface area contributed by atoms with Gasteiger partial charge in [-0.3, -0.25) is 0 Å². The molecule has 0 aromatic carbocycles. The molecular weight excluding hydrogens is 236 g/mol. The van der Waals surface area contributed by atoms with Crippen molar-refractivity contribution in [2.24, 2.45) is 17.6 Å². The first-order valence-corrected chi connectivity index (χ1v) is 7.32. The molecule has 0 amide bonds. The normalized spacial score (nSPS) is 17.3. The molecule has 1 aliphatic rings. The first-order valence-electron chi connectivity index (χ1n) is 7.32. The summed E-state index contributed by atoms with van der Waals surface area (Å²) in [6.07, 6.45) is 2.49. The van der Waals surface area contributed by atoms with E-state index in [9.17, 15) is 0 Å². The second-order valence-corrected chi connectivity index (χ2v) is 5.99. The highest BCUT2D eigenvalue weighted by molar-refractivity contribution is 5.50. The summed E-state index contributed by atoms with van der Waals surface area (Å²) in [5, 5.41) is 8.67. The number of rotatable bonds is 3. The molecule has 0 radical (unpaired) electrons. The quantitative estimate of drug-likeness (QED) is 0.909. The Balaban J connectivity index is 2.18. The van der Waals surface area contributed by atoms with Crippen molar-refractivity contribution >= 4 is 5.82 Å². The topological polar surface area (TPSA) is 55.0 Å². The molecule has 19 heavy (non-hydrogen) atoms. The maximum absolute atomic E-state index is 5.91. The van der Waals surface area contributed by atoms with Crippen LogP contribution in [0.15, 0.2) is 0 Å². The molecule has 0 saturated carbocycles. The molecule has 1 saturated heterocycles. The molecule has 4 nitrogen and oxygen atoms in total. The van der Waals surface area contributed by atoms with Crippen molar-refractivity contribution in [2.75, 3.05) is 18.0 Å². The number of piperidine rings is 1. The fourth-order valence-corrected chi connectivity index (χ4v) is 2.92. The van der Waals surface area contributed by atoms with E-state index < -0.39 is 0 Å². The van der Waals surface area contributed by atoms with E-state index in [1.54, 1.807) is 0 Å². The highest BCUT2D eigenvalue weighted by Gasteiger charge is 2.24. The second kappa shape index (κ2) is 5.87. The molecule has 2 N–H and O–H groups in total. The van der Waals surface area contributed by atoms with Gasteiger partial charge in [0.05, 0.1) is 5.69 Å². The Hall–Kier alpha value is -1.16. The van der Waals surface area contributed by atoms with E-state index in [4.69, 9.17) is 5.73 Å². The summed E-state index contributed by atoms with van der Waals surface area (Å²) in [5.41, 5.74) is 9.25. The monoisotopic (exact) mass is 262 g/mol. The summed E-state index contributed by atoms with van der Waals surface area (Å²) in [6, 6.07) is 0. The Labute approximate surface area is 116 Å². The Bertz CT molecular complexity index is 434. The van der Waals surface area contributed by atoms with Gasteiger partial charge >= 0.3 is 0 Å². The minimum Gasteiger partial charge on any atom is -0.355 e. The fourth-order valence-electron chi connectivity index (χ4n) is 2.92. The van der Waals surface area contributed by atoms with Gasteiger partial charge in [0, 0.05) is 25.2 Å². The zero-order valence-corrected chi connectivity index (χ0v) is 12.6. The molecule has 1 fully saturated rings. The summed E-state index contributed by atoms with van der Waals surface area (Å²) in [7, 11) is 0. The predicted octanol–water partition coefficient (Wildman–Crippen LogP) is 2.42. The van der Waals surface area contributed by atoms with Gasteiger partial charge in [-0.25, -0.2) is 0 Å². The number of hydrogen-bond acceptors (Lipinski definition) is 4. The zero-order chi connectivity index (χ0) is 14.0. The molecule has 4 heteroatoms. The van der Waals surface area contributed by atoms with Gasteiger partial charge in [-0.2, -0.15) is 5.10 Å². The molecule has 1 aliphatic heterocycles. The summed E-state index contributed by atoms with van der Waals surface area (Å²) >= 11 is 0. The van der Waals surface area contributed by atoms with E-state index in [2.05, 4.69) is 35.9 Å². The number of hydrogen-bond donors (Lipinski definition) is 1. The Morgan fingerprint density at radius 1 is 1.21 bits per heavy atom. The van der Waals surface area contributed by atoms with Crippen LogP contribution in [0.1, 0.15) is 43.5 Å². The first kappa shape index (κ1) is 14.3. The van der Waals surface area contributed by atoms with Gasteiger partial charge in [0.2, 0.25) is 0 Å². The standard InChI is InChI=1S/C15H26N4/c1-10(2)13-5-7-19(8-6-13)15-14(9-16)11(3)12(4)17-18-15/h10,13H,5-9,16H2,1-4H3. The minimum absolute atomic E-state index is 0.543. The molecule has 2 rings (SSSR count). The van der Waals surface area contributed by atoms with Crippen LogP contribution < -0.4 is 10.6 Å². The lowest BCUT2D eigenvalue weighted by Crippen LogP contribution is -2.37. The van der Waals surface area contributed by atoms with E-state index in [0.717, 1.165) is 42.0 Å². The van der Waals surface area contributed by atoms with Gasteiger partial charge in [-0.1, -0.05) is 13.8 Å². The van der Waals surface area contributed by atoms with Crippen molar-refractivity contribution in [3.8, 4) is 0 Å². The van der Waals surface area contributed by atoms with Gasteiger partial charge in [0.25, 0.3) is 0 Å². The van der Waals surface area contributed by atoms with Crippen molar-refractivity contribution in [1.29, 1.82) is 0 Å². The summed E-state index contributed by atoms with van der Waals surface area (Å²) in [6.45, 7) is 11.4. The van der Waals surface area contributed by atoms with Crippen LogP contribution >= 0.6 is 0 Å². The van der Waals surface area contributed by atoms with Crippen molar-refractivity contribution < 1.29 is 0 Å². The van der Waals surface area contributed by atoms with E-state index in [0.29, 0.717) is 6.54 Å². The number of aryl methyl sites for hydroxylation is 1. The molecule has 106 valence electrons. The minimum atomic E-state index is 0.543. The molecule has 0 atom stereocenters. The van der Waals surface area contributed by atoms with Crippen LogP contribution in [0.4, 0.5) is 5.82 Å². The molecule has 0 bridgehead atoms. The average Bonchev–Trinajstić information content (AvgIpc) is 2.41. The lowest BCUT2D eigenvalue weighted by molar-refractivity contribution is 0.310. The third-order valence-corrected chi connectivity index (χ3v) is 4.55. The largest absolute Gasteiger partial charge is 0.355 e. The summed E-state index contributed by atoms with van der Waals surface area (Å²) in [4.78, 5) is 2.36. The molecular formula is C15H26N4. The van der Waals surface area contributed by atoms with Gasteiger partial charge in [-0.15, -0.1) is 5.10 Å². The van der Waals surface area contributed by atoms with Crippen LogP contribution in [0, 0.1) is 25.7 Å². The fraction of sp³-hybridized carbons (Fsp3) is 0.733. The number of anilines is 1. The second-order valence-electron chi connectivity index (χ2n) is 5.99. The molecule has 0 unspecified atom stereocenters. The Morgan fingerprint density at radius 2 is 1.84 bits per heavy atom. The highest BCUT2D eigenvalue weighted by Crippen LogP contribution is 2.29. The summed E-state index contributed by atoms with van der Waals surface area (Å²) < 4.78 is 0. The molecule has 1 aromatic rings. The average molecular weight is 262 g/mol. The third-order valence-electron chi connectivity index (χ3n) is 4.55. The lowest BCUT2D eigenvalue weighted by atomic mass is 9.86. The Morgan fingerprint density at radius 3 is 2.37 bits per heavy atom. The first-order chi connectivity index (χ1) is 9.04. The third kappa shape index (κ3) is 2.89. The van der Waals surface area contributed by atoms with Gasteiger partial charge in [0.1, 0.15) is 0 Å². The van der Waals surface area contributed by atoms with Crippen LogP contribution in [0.5, 0.6) is 0 Å². The van der Waals surface area contributed by atoms with E-state index in [-0.39, 0.29) is 0 Å². The van der Waals surface area contributed by atoms with Gasteiger partial charge in [-0.05, 0) is 44.1 Å². The lowest BCUT2D eigenvalue weighted by Gasteiger charge is -2.35.